The van der Waals surface area contributed by atoms with Crippen LogP contribution in [-0.2, 0) is 13.4 Å². The van der Waals surface area contributed by atoms with Crippen molar-refractivity contribution in [2.75, 3.05) is 0 Å². The summed E-state index contributed by atoms with van der Waals surface area (Å²) in [5, 5.41) is 0. The van der Waals surface area contributed by atoms with E-state index < -0.39 is 15.6 Å². The molecular formula is H8NNaO7P2. The Bertz CT molecular complexity index is 162. The Hall–Kier alpha value is 1.22. The van der Waals surface area contributed by atoms with Gasteiger partial charge in [-0.2, -0.15) is 4.31 Å². The van der Waals surface area contributed by atoms with Crippen LogP contribution < -0.4 is 35.7 Å². The summed E-state index contributed by atoms with van der Waals surface area (Å²) in [7, 11) is -10.1. The van der Waals surface area contributed by atoms with Crippen LogP contribution in [0.25, 0.3) is 0 Å². The summed E-state index contributed by atoms with van der Waals surface area (Å²) in [5.41, 5.74) is 0. The van der Waals surface area contributed by atoms with Gasteiger partial charge in [0.05, 0.1) is 0 Å². The second kappa shape index (κ2) is 5.80. The molecule has 0 aromatic carbocycles. The summed E-state index contributed by atoms with van der Waals surface area (Å²) < 4.78 is 22.2. The molecule has 0 aromatic heterocycles. The van der Waals surface area contributed by atoms with Gasteiger partial charge in [0.2, 0.25) is 0 Å². The van der Waals surface area contributed by atoms with Gasteiger partial charge < -0.3 is 27.2 Å². The molecule has 0 radical (unpaired) electrons. The summed E-state index contributed by atoms with van der Waals surface area (Å²) in [4.78, 5) is 31.0. The summed E-state index contributed by atoms with van der Waals surface area (Å²) in [6.45, 7) is 0. The molecule has 0 rings (SSSR count). The van der Waals surface area contributed by atoms with E-state index >= 15 is 0 Å². The summed E-state index contributed by atoms with van der Waals surface area (Å²) in [6.07, 6.45) is 0. The molecule has 66 valence electrons. The predicted octanol–water partition coefficient (Wildman–Crippen LogP) is -3.53. The third-order valence-corrected chi connectivity index (χ3v) is 1.91. The Labute approximate surface area is 85.8 Å². The average molecular weight is 219 g/mol. The molecule has 0 aromatic rings. The molecule has 0 aliphatic heterocycles. The number of hydrogen-bond acceptors (Lipinski definition) is 4. The predicted molar refractivity (Wildman–Crippen MR) is 31.3 cm³/mol. The molecule has 0 fully saturated rings. The molecule has 8 nitrogen and oxygen atoms in total. The van der Waals surface area contributed by atoms with Crippen LogP contribution in [0.3, 0.4) is 0 Å². The maximum atomic E-state index is 9.63. The summed E-state index contributed by atoms with van der Waals surface area (Å²) in [5.74, 6) is 0. The average Bonchev–Trinajstić information content (AvgIpc) is 1.14. The van der Waals surface area contributed by atoms with E-state index in [0.717, 1.165) is 0 Å². The Morgan fingerprint density at radius 3 is 1.18 bits per heavy atom. The van der Waals surface area contributed by atoms with Crippen LogP contribution in [0.1, 0.15) is 1.43 Å². The first-order valence-corrected chi connectivity index (χ1v) is 4.59. The maximum Gasteiger partial charge on any atom is 1.00 e. The van der Waals surface area contributed by atoms with Crippen molar-refractivity contribution < 1.29 is 64.0 Å². The van der Waals surface area contributed by atoms with Gasteiger partial charge in [0.15, 0.2) is 0 Å². The van der Waals surface area contributed by atoms with Crippen molar-refractivity contribution in [3.8, 4) is 0 Å². The molecule has 11 heavy (non-hydrogen) atoms. The molecule has 0 unspecified atom stereocenters. The molecule has 0 saturated carbocycles. The Morgan fingerprint density at radius 1 is 1.00 bits per heavy atom. The van der Waals surface area contributed by atoms with E-state index in [1.807, 2.05) is 0 Å². The van der Waals surface area contributed by atoms with Crippen LogP contribution in [0.2, 0.25) is 0 Å². The molecule has 0 heterocycles. The molecule has 0 saturated heterocycles. The molecule has 0 aliphatic carbocycles. The maximum absolute atomic E-state index is 9.63. The van der Waals surface area contributed by atoms with Gasteiger partial charge in [0.1, 0.15) is 0 Å². The van der Waals surface area contributed by atoms with Gasteiger partial charge in [-0.05, 0) is 0 Å². The standard InChI is InChI=1S/H3N.Na.H4O7P2.H/c;;1-8(2,3)7-9(4,5)6;/h1H3;;(H2,1,2,3)(H2,4,5,6);/q;+1;;-1. The zero-order chi connectivity index (χ0) is 7.71. The fraction of sp³-hybridized carbons (Fsp3) is 0. The fourth-order valence-corrected chi connectivity index (χ4v) is 1.25. The summed E-state index contributed by atoms with van der Waals surface area (Å²) in [6, 6.07) is 0. The largest absolute Gasteiger partial charge is 1.00 e. The second-order valence-corrected chi connectivity index (χ2v) is 3.68. The van der Waals surface area contributed by atoms with E-state index in [0.29, 0.717) is 0 Å². The van der Waals surface area contributed by atoms with Gasteiger partial charge >= 0.3 is 45.2 Å². The topological polar surface area (TPSA) is 159 Å². The van der Waals surface area contributed by atoms with E-state index in [1.54, 1.807) is 0 Å². The van der Waals surface area contributed by atoms with Crippen molar-refractivity contribution in [3.05, 3.63) is 0 Å². The third kappa shape index (κ3) is 18.3. The van der Waals surface area contributed by atoms with Crippen LogP contribution in [0.5, 0.6) is 0 Å². The van der Waals surface area contributed by atoms with Crippen LogP contribution in [0.4, 0.5) is 0 Å². The second-order valence-electron chi connectivity index (χ2n) is 1.06. The minimum Gasteiger partial charge on any atom is -1.00 e. The quantitative estimate of drug-likeness (QED) is 0.236. The van der Waals surface area contributed by atoms with Gasteiger partial charge in [0.25, 0.3) is 0 Å². The molecule has 11 heteroatoms. The fourth-order valence-electron chi connectivity index (χ4n) is 0.139. The molecule has 0 aliphatic rings. The number of hydrogen-bond donors (Lipinski definition) is 5. The third-order valence-electron chi connectivity index (χ3n) is 0.213. The Morgan fingerprint density at radius 2 is 1.18 bits per heavy atom. The minimum atomic E-state index is -5.05. The molecule has 0 spiro atoms. The number of rotatable bonds is 2. The van der Waals surface area contributed by atoms with Crippen molar-refractivity contribution in [3.63, 3.8) is 0 Å². The summed E-state index contributed by atoms with van der Waals surface area (Å²) >= 11 is 0. The van der Waals surface area contributed by atoms with Gasteiger partial charge in [0, 0.05) is 0 Å². The van der Waals surface area contributed by atoms with Gasteiger partial charge in [-0.3, -0.25) is 0 Å². The molecule has 0 atom stereocenters. The SMILES string of the molecule is N.O=P(O)(O)OP(=O)(O)O.[H-].[Na+]. The van der Waals surface area contributed by atoms with Crippen LogP contribution in [-0.4, -0.2) is 19.6 Å². The Kier molecular flexibility index (Phi) is 9.53. The first kappa shape index (κ1) is 18.1. The van der Waals surface area contributed by atoms with E-state index in [9.17, 15) is 9.13 Å². The van der Waals surface area contributed by atoms with Crippen molar-refractivity contribution in [1.29, 1.82) is 0 Å². The minimum absolute atomic E-state index is 0. The molecule has 0 bridgehead atoms. The first-order valence-electron chi connectivity index (χ1n) is 1.53. The number of phosphoric acid groups is 2. The smallest absolute Gasteiger partial charge is 1.00 e. The van der Waals surface area contributed by atoms with E-state index in [-0.39, 0.29) is 37.1 Å². The van der Waals surface area contributed by atoms with Crippen LogP contribution in [0, 0.1) is 0 Å². The van der Waals surface area contributed by atoms with Gasteiger partial charge in [-0.25, -0.2) is 9.13 Å². The first-order chi connectivity index (χ1) is 3.71. The Balaban J connectivity index is -0.000000107. The van der Waals surface area contributed by atoms with E-state index in [2.05, 4.69) is 4.31 Å². The van der Waals surface area contributed by atoms with E-state index in [4.69, 9.17) is 19.6 Å². The normalized spacial score (nSPS) is 11.3. The molecule has 0 amide bonds. The van der Waals surface area contributed by atoms with Crippen molar-refractivity contribution in [1.82, 2.24) is 6.15 Å². The molecule has 7 N–H and O–H groups in total. The van der Waals surface area contributed by atoms with Gasteiger partial charge in [-0.15, -0.1) is 0 Å². The zero-order valence-electron chi connectivity index (χ0n) is 6.62. The monoisotopic (exact) mass is 219 g/mol. The zero-order valence-corrected chi connectivity index (χ0v) is 9.40. The van der Waals surface area contributed by atoms with Crippen molar-refractivity contribution >= 4 is 15.6 Å². The van der Waals surface area contributed by atoms with Crippen molar-refractivity contribution in [2.45, 2.75) is 0 Å². The van der Waals surface area contributed by atoms with E-state index in [1.165, 1.54) is 0 Å². The molecular weight excluding hydrogens is 211 g/mol. The van der Waals surface area contributed by atoms with Crippen molar-refractivity contribution in [2.24, 2.45) is 0 Å². The van der Waals surface area contributed by atoms with Crippen LogP contribution >= 0.6 is 15.6 Å². The van der Waals surface area contributed by atoms with Gasteiger partial charge in [-0.1, -0.05) is 0 Å². The van der Waals surface area contributed by atoms with Crippen LogP contribution in [0.15, 0.2) is 0 Å².